The van der Waals surface area contributed by atoms with Gasteiger partial charge in [0.05, 0.1) is 5.54 Å². The Hall–Kier alpha value is -0.220. The zero-order valence-corrected chi connectivity index (χ0v) is 13.9. The fourth-order valence-electron chi connectivity index (χ4n) is 3.81. The quantitative estimate of drug-likeness (QED) is 0.792. The van der Waals surface area contributed by atoms with Gasteiger partial charge in [0.1, 0.15) is 0 Å². The number of hydrogen-bond donors (Lipinski definition) is 2. The SMILES string of the molecule is CCCC1(C(=O)NCC2(SC)CCCCC2)CCCN1. The molecular formula is C16H30N2OS. The molecule has 0 bridgehead atoms. The lowest BCUT2D eigenvalue weighted by Crippen LogP contribution is -2.56. The highest BCUT2D eigenvalue weighted by Crippen LogP contribution is 2.38. The molecule has 3 nitrogen and oxygen atoms in total. The van der Waals surface area contributed by atoms with Gasteiger partial charge < -0.3 is 10.6 Å². The van der Waals surface area contributed by atoms with Gasteiger partial charge in [-0.15, -0.1) is 0 Å². The van der Waals surface area contributed by atoms with Crippen LogP contribution in [0.1, 0.15) is 64.7 Å². The largest absolute Gasteiger partial charge is 0.353 e. The number of hydrogen-bond acceptors (Lipinski definition) is 3. The molecule has 116 valence electrons. The number of nitrogens with one attached hydrogen (secondary N) is 2. The van der Waals surface area contributed by atoms with Gasteiger partial charge in [-0.25, -0.2) is 0 Å². The molecule has 1 heterocycles. The van der Waals surface area contributed by atoms with Crippen molar-refractivity contribution < 1.29 is 4.79 Å². The van der Waals surface area contributed by atoms with E-state index in [4.69, 9.17) is 0 Å². The molecule has 1 saturated carbocycles. The van der Waals surface area contributed by atoms with Crippen LogP contribution >= 0.6 is 11.8 Å². The van der Waals surface area contributed by atoms with Gasteiger partial charge in [-0.2, -0.15) is 11.8 Å². The van der Waals surface area contributed by atoms with Crippen molar-refractivity contribution >= 4 is 17.7 Å². The molecule has 0 aromatic rings. The Morgan fingerprint density at radius 3 is 2.50 bits per heavy atom. The van der Waals surface area contributed by atoms with E-state index in [2.05, 4.69) is 23.8 Å². The number of amides is 1. The standard InChI is InChI=1S/C16H30N2OS/c1-3-8-16(11-7-12-18-16)14(19)17-13-15(20-2)9-5-4-6-10-15/h18H,3-13H2,1-2H3,(H,17,19). The first-order valence-electron chi connectivity index (χ1n) is 8.25. The third-order valence-electron chi connectivity index (χ3n) is 5.12. The average molecular weight is 298 g/mol. The smallest absolute Gasteiger partial charge is 0.240 e. The van der Waals surface area contributed by atoms with Crippen LogP contribution < -0.4 is 10.6 Å². The van der Waals surface area contributed by atoms with Crippen molar-refractivity contribution in [1.29, 1.82) is 0 Å². The minimum absolute atomic E-state index is 0.246. The van der Waals surface area contributed by atoms with E-state index in [1.807, 2.05) is 11.8 Å². The van der Waals surface area contributed by atoms with Crippen LogP contribution in [0.3, 0.4) is 0 Å². The van der Waals surface area contributed by atoms with Crippen molar-refractivity contribution in [2.45, 2.75) is 75.0 Å². The van der Waals surface area contributed by atoms with Crippen LogP contribution in [0.15, 0.2) is 0 Å². The summed E-state index contributed by atoms with van der Waals surface area (Å²) in [6.45, 7) is 4.00. The molecule has 4 heteroatoms. The van der Waals surface area contributed by atoms with E-state index < -0.39 is 0 Å². The summed E-state index contributed by atoms with van der Waals surface area (Å²) >= 11 is 1.95. The Labute approximate surface area is 128 Å². The van der Waals surface area contributed by atoms with Gasteiger partial charge in [0.15, 0.2) is 0 Å². The van der Waals surface area contributed by atoms with Crippen LogP contribution in [0.5, 0.6) is 0 Å². The molecule has 2 rings (SSSR count). The van der Waals surface area contributed by atoms with E-state index in [9.17, 15) is 4.79 Å². The molecule has 0 radical (unpaired) electrons. The maximum absolute atomic E-state index is 12.7. The lowest BCUT2D eigenvalue weighted by atomic mass is 9.87. The molecule has 0 spiro atoms. The molecular weight excluding hydrogens is 268 g/mol. The lowest BCUT2D eigenvalue weighted by Gasteiger charge is -2.37. The van der Waals surface area contributed by atoms with Gasteiger partial charge in [0.25, 0.3) is 0 Å². The van der Waals surface area contributed by atoms with Gasteiger partial charge in [-0.3, -0.25) is 4.79 Å². The molecule has 20 heavy (non-hydrogen) atoms. The van der Waals surface area contributed by atoms with Crippen LogP contribution in [0.2, 0.25) is 0 Å². The molecule has 0 aromatic carbocycles. The van der Waals surface area contributed by atoms with Gasteiger partial charge in [0.2, 0.25) is 5.91 Å². The first kappa shape index (κ1) is 16.2. The molecule has 2 fully saturated rings. The van der Waals surface area contributed by atoms with Crippen molar-refractivity contribution in [3.63, 3.8) is 0 Å². The maximum Gasteiger partial charge on any atom is 0.240 e. The predicted octanol–water partition coefficient (Wildman–Crippen LogP) is 3.09. The minimum Gasteiger partial charge on any atom is -0.353 e. The summed E-state index contributed by atoms with van der Waals surface area (Å²) in [5, 5.41) is 6.76. The van der Waals surface area contributed by atoms with Crippen LogP contribution in [-0.2, 0) is 4.79 Å². The summed E-state index contributed by atoms with van der Waals surface area (Å²) in [7, 11) is 0. The summed E-state index contributed by atoms with van der Waals surface area (Å²) in [6.07, 6.45) is 12.8. The minimum atomic E-state index is -0.275. The lowest BCUT2D eigenvalue weighted by molar-refractivity contribution is -0.127. The van der Waals surface area contributed by atoms with E-state index in [0.717, 1.165) is 38.8 Å². The van der Waals surface area contributed by atoms with E-state index in [-0.39, 0.29) is 11.4 Å². The Morgan fingerprint density at radius 1 is 1.20 bits per heavy atom. The van der Waals surface area contributed by atoms with Crippen molar-refractivity contribution in [2.75, 3.05) is 19.3 Å². The highest BCUT2D eigenvalue weighted by atomic mass is 32.2. The second-order valence-electron chi connectivity index (χ2n) is 6.49. The fourth-order valence-corrected chi connectivity index (χ4v) is 4.73. The monoisotopic (exact) mass is 298 g/mol. The van der Waals surface area contributed by atoms with E-state index in [0.29, 0.717) is 4.75 Å². The molecule has 1 saturated heterocycles. The zero-order valence-electron chi connectivity index (χ0n) is 13.1. The van der Waals surface area contributed by atoms with Crippen molar-refractivity contribution in [2.24, 2.45) is 0 Å². The molecule has 1 atom stereocenters. The molecule has 1 unspecified atom stereocenters. The molecule has 2 aliphatic rings. The summed E-state index contributed by atoms with van der Waals surface area (Å²) in [5.41, 5.74) is -0.275. The molecule has 1 aliphatic heterocycles. The zero-order chi connectivity index (χ0) is 14.5. The van der Waals surface area contributed by atoms with Crippen molar-refractivity contribution in [3.05, 3.63) is 0 Å². The first-order valence-corrected chi connectivity index (χ1v) is 9.47. The van der Waals surface area contributed by atoms with Gasteiger partial charge >= 0.3 is 0 Å². The van der Waals surface area contributed by atoms with Gasteiger partial charge in [-0.1, -0.05) is 32.6 Å². The highest BCUT2D eigenvalue weighted by molar-refractivity contribution is 8.00. The number of rotatable bonds is 6. The first-order chi connectivity index (χ1) is 9.66. The van der Waals surface area contributed by atoms with E-state index >= 15 is 0 Å². The van der Waals surface area contributed by atoms with Crippen LogP contribution in [0.25, 0.3) is 0 Å². The van der Waals surface area contributed by atoms with Crippen LogP contribution in [0, 0.1) is 0 Å². The molecule has 2 N–H and O–H groups in total. The number of carbonyl (C=O) groups excluding carboxylic acids is 1. The average Bonchev–Trinajstić information content (AvgIpc) is 2.96. The van der Waals surface area contributed by atoms with Crippen molar-refractivity contribution in [3.8, 4) is 0 Å². The Bertz CT molecular complexity index is 320. The summed E-state index contributed by atoms with van der Waals surface area (Å²) in [5.74, 6) is 0.246. The summed E-state index contributed by atoms with van der Waals surface area (Å²) in [4.78, 5) is 12.7. The number of carbonyl (C=O) groups is 1. The predicted molar refractivity (Wildman–Crippen MR) is 87.2 cm³/mol. The maximum atomic E-state index is 12.7. The Kier molecular flexibility index (Phi) is 5.79. The second kappa shape index (κ2) is 7.17. The van der Waals surface area contributed by atoms with Crippen LogP contribution in [0.4, 0.5) is 0 Å². The number of thioether (sulfide) groups is 1. The Balaban J connectivity index is 1.92. The van der Waals surface area contributed by atoms with E-state index in [1.54, 1.807) is 0 Å². The normalized spacial score (nSPS) is 29.3. The molecule has 0 aromatic heterocycles. The molecule has 1 aliphatic carbocycles. The van der Waals surface area contributed by atoms with Gasteiger partial charge in [0, 0.05) is 11.3 Å². The summed E-state index contributed by atoms with van der Waals surface area (Å²) < 4.78 is 0.292. The molecule has 1 amide bonds. The van der Waals surface area contributed by atoms with E-state index in [1.165, 1.54) is 32.1 Å². The van der Waals surface area contributed by atoms with Crippen molar-refractivity contribution in [1.82, 2.24) is 10.6 Å². The Morgan fingerprint density at radius 2 is 1.95 bits per heavy atom. The fraction of sp³-hybridized carbons (Fsp3) is 0.938. The van der Waals surface area contributed by atoms with Gasteiger partial charge in [-0.05, 0) is 44.9 Å². The van der Waals surface area contributed by atoms with Crippen LogP contribution in [-0.4, -0.2) is 35.5 Å². The highest BCUT2D eigenvalue weighted by Gasteiger charge is 2.41. The topological polar surface area (TPSA) is 41.1 Å². The third kappa shape index (κ3) is 3.51. The third-order valence-corrected chi connectivity index (χ3v) is 6.54. The summed E-state index contributed by atoms with van der Waals surface area (Å²) in [6, 6.07) is 0. The second-order valence-corrected chi connectivity index (χ2v) is 7.77.